The van der Waals surface area contributed by atoms with Crippen LogP contribution in [0.5, 0.6) is 0 Å². The van der Waals surface area contributed by atoms with Crippen LogP contribution in [0.2, 0.25) is 0 Å². The largest absolute Gasteiger partial charge is 0.367 e. The van der Waals surface area contributed by atoms with Crippen LogP contribution in [0, 0.1) is 11.6 Å². The first-order valence-electron chi connectivity index (χ1n) is 9.85. The summed E-state index contributed by atoms with van der Waals surface area (Å²) in [7, 11) is 5.14. The van der Waals surface area contributed by atoms with Crippen LogP contribution in [0.15, 0.2) is 47.5 Å². The molecule has 30 heavy (non-hydrogen) atoms. The molecule has 0 aliphatic carbocycles. The van der Waals surface area contributed by atoms with Crippen LogP contribution in [-0.2, 0) is 6.54 Å². The minimum absolute atomic E-state index is 0.0321. The molecule has 1 aliphatic rings. The Morgan fingerprint density at radius 3 is 2.57 bits per heavy atom. The van der Waals surface area contributed by atoms with Crippen molar-refractivity contribution in [3.63, 3.8) is 0 Å². The number of rotatable bonds is 5. The number of carbonyl (C=O) groups is 1. The second-order valence-electron chi connectivity index (χ2n) is 7.49. The fourth-order valence-electron chi connectivity index (χ4n) is 3.43. The fraction of sp³-hybridized carbons (Fsp3) is 0.364. The molecule has 0 spiro atoms. The lowest BCUT2D eigenvalue weighted by Crippen LogP contribution is -2.44. The molecule has 2 N–H and O–H groups in total. The summed E-state index contributed by atoms with van der Waals surface area (Å²) in [6, 6.07) is 11.2. The molecule has 1 unspecified atom stereocenters. The normalized spacial score (nSPS) is 16.5. The van der Waals surface area contributed by atoms with Gasteiger partial charge in [0.05, 0.1) is 5.69 Å². The second-order valence-corrected chi connectivity index (χ2v) is 7.49. The Kier molecular flexibility index (Phi) is 6.87. The molecule has 2 aromatic rings. The quantitative estimate of drug-likeness (QED) is 0.582. The highest BCUT2D eigenvalue weighted by molar-refractivity contribution is 5.93. The third-order valence-corrected chi connectivity index (χ3v) is 5.07. The summed E-state index contributed by atoms with van der Waals surface area (Å²) in [5.74, 6) is -0.506. The summed E-state index contributed by atoms with van der Waals surface area (Å²) in [5, 5.41) is 6.61. The fourth-order valence-corrected chi connectivity index (χ4v) is 3.43. The Morgan fingerprint density at radius 1 is 1.20 bits per heavy atom. The molecule has 0 bridgehead atoms. The third kappa shape index (κ3) is 5.25. The number of carbonyl (C=O) groups excluding carboxylic acids is 1. The Labute approximate surface area is 175 Å². The molecular formula is C22H27F2N5O. The van der Waals surface area contributed by atoms with Gasteiger partial charge < -0.3 is 20.4 Å². The highest BCUT2D eigenvalue weighted by atomic mass is 19.1. The number of halogens is 2. The number of benzene rings is 2. The van der Waals surface area contributed by atoms with Crippen LogP contribution < -0.4 is 15.5 Å². The summed E-state index contributed by atoms with van der Waals surface area (Å²) < 4.78 is 27.2. The molecule has 0 aromatic heterocycles. The Bertz CT molecular complexity index is 914. The zero-order valence-electron chi connectivity index (χ0n) is 17.5. The molecule has 1 heterocycles. The average molecular weight is 415 g/mol. The van der Waals surface area contributed by atoms with Gasteiger partial charge >= 0.3 is 0 Å². The van der Waals surface area contributed by atoms with Crippen molar-refractivity contribution < 1.29 is 13.6 Å². The third-order valence-electron chi connectivity index (χ3n) is 5.07. The van der Waals surface area contributed by atoms with E-state index in [2.05, 4.69) is 15.6 Å². The van der Waals surface area contributed by atoms with Crippen molar-refractivity contribution in [3.05, 3.63) is 65.2 Å². The molecule has 1 amide bonds. The van der Waals surface area contributed by atoms with Gasteiger partial charge in [0.15, 0.2) is 5.96 Å². The van der Waals surface area contributed by atoms with Gasteiger partial charge in [-0.2, -0.15) is 0 Å². The SMILES string of the molecule is CN=C(NCc1ccc(C(=O)N(C)C)cc1)NC1CCN(c2ccc(F)cc2F)C1. The topological polar surface area (TPSA) is 60.0 Å². The van der Waals surface area contributed by atoms with Gasteiger partial charge in [-0.15, -0.1) is 0 Å². The van der Waals surface area contributed by atoms with Gasteiger partial charge in [-0.3, -0.25) is 9.79 Å². The number of guanidine groups is 1. The van der Waals surface area contributed by atoms with Crippen molar-refractivity contribution in [1.82, 2.24) is 15.5 Å². The standard InChI is InChI=1S/C22H27F2N5O/c1-25-22(26-13-15-4-6-16(7-5-15)21(30)28(2)3)27-18-10-11-29(14-18)20-9-8-17(23)12-19(20)24/h4-9,12,18H,10-11,13-14H2,1-3H3,(H2,25,26,27). The van der Waals surface area contributed by atoms with Crippen LogP contribution >= 0.6 is 0 Å². The number of hydrogen-bond acceptors (Lipinski definition) is 3. The van der Waals surface area contributed by atoms with Gasteiger partial charge in [-0.25, -0.2) is 8.78 Å². The number of anilines is 1. The first-order chi connectivity index (χ1) is 14.4. The Morgan fingerprint density at radius 2 is 1.93 bits per heavy atom. The number of aliphatic imine (C=N–C) groups is 1. The molecule has 160 valence electrons. The van der Waals surface area contributed by atoms with E-state index in [1.54, 1.807) is 26.0 Å². The molecule has 6 nitrogen and oxygen atoms in total. The van der Waals surface area contributed by atoms with Crippen LogP contribution in [0.3, 0.4) is 0 Å². The molecule has 2 aromatic carbocycles. The molecule has 1 atom stereocenters. The van der Waals surface area contributed by atoms with E-state index in [1.807, 2.05) is 29.2 Å². The zero-order chi connectivity index (χ0) is 21.7. The minimum atomic E-state index is -0.575. The lowest BCUT2D eigenvalue weighted by atomic mass is 10.1. The maximum Gasteiger partial charge on any atom is 0.253 e. The highest BCUT2D eigenvalue weighted by Gasteiger charge is 2.25. The lowest BCUT2D eigenvalue weighted by Gasteiger charge is -2.21. The zero-order valence-corrected chi connectivity index (χ0v) is 17.5. The molecule has 0 saturated carbocycles. The van der Waals surface area contributed by atoms with Crippen molar-refractivity contribution in [2.24, 2.45) is 4.99 Å². The molecule has 1 aliphatic heterocycles. The van der Waals surface area contributed by atoms with E-state index in [1.165, 1.54) is 12.1 Å². The monoisotopic (exact) mass is 415 g/mol. The van der Waals surface area contributed by atoms with Gasteiger partial charge in [-0.05, 0) is 36.2 Å². The molecule has 3 rings (SSSR count). The van der Waals surface area contributed by atoms with Gasteiger partial charge in [-0.1, -0.05) is 12.1 Å². The van der Waals surface area contributed by atoms with Crippen molar-refractivity contribution in [2.75, 3.05) is 39.1 Å². The summed E-state index contributed by atoms with van der Waals surface area (Å²) in [4.78, 5) is 19.7. The molecule has 1 fully saturated rings. The maximum absolute atomic E-state index is 14.0. The molecular weight excluding hydrogens is 388 g/mol. The minimum Gasteiger partial charge on any atom is -0.367 e. The van der Waals surface area contributed by atoms with Crippen LogP contribution in [0.25, 0.3) is 0 Å². The van der Waals surface area contributed by atoms with Crippen LogP contribution in [-0.4, -0.2) is 57.0 Å². The van der Waals surface area contributed by atoms with Gasteiger partial charge in [0.25, 0.3) is 5.91 Å². The predicted molar refractivity (Wildman–Crippen MR) is 115 cm³/mol. The van der Waals surface area contributed by atoms with Gasteiger partial charge in [0, 0.05) is 58.4 Å². The van der Waals surface area contributed by atoms with E-state index < -0.39 is 11.6 Å². The summed E-state index contributed by atoms with van der Waals surface area (Å²) >= 11 is 0. The summed E-state index contributed by atoms with van der Waals surface area (Å²) in [6.07, 6.45) is 0.818. The number of nitrogens with one attached hydrogen (secondary N) is 2. The lowest BCUT2D eigenvalue weighted by molar-refractivity contribution is 0.0827. The predicted octanol–water partition coefficient (Wildman–Crippen LogP) is 2.61. The van der Waals surface area contributed by atoms with E-state index in [0.29, 0.717) is 36.8 Å². The van der Waals surface area contributed by atoms with E-state index in [9.17, 15) is 13.6 Å². The van der Waals surface area contributed by atoms with E-state index in [0.717, 1.165) is 18.1 Å². The Balaban J connectivity index is 1.52. The molecule has 0 radical (unpaired) electrons. The second kappa shape index (κ2) is 9.56. The van der Waals surface area contributed by atoms with Crippen molar-refractivity contribution in [1.29, 1.82) is 0 Å². The van der Waals surface area contributed by atoms with E-state index in [-0.39, 0.29) is 11.9 Å². The van der Waals surface area contributed by atoms with Gasteiger partial charge in [0.1, 0.15) is 11.6 Å². The van der Waals surface area contributed by atoms with Crippen LogP contribution in [0.4, 0.5) is 14.5 Å². The maximum atomic E-state index is 14.0. The highest BCUT2D eigenvalue weighted by Crippen LogP contribution is 2.24. The van der Waals surface area contributed by atoms with E-state index in [4.69, 9.17) is 0 Å². The number of nitrogens with zero attached hydrogens (tertiary/aromatic N) is 3. The summed E-state index contributed by atoms with van der Waals surface area (Å²) in [6.45, 7) is 1.84. The smallest absolute Gasteiger partial charge is 0.253 e. The first kappa shape index (κ1) is 21.5. The van der Waals surface area contributed by atoms with Gasteiger partial charge in [0.2, 0.25) is 0 Å². The Hall–Kier alpha value is -3.16. The molecule has 1 saturated heterocycles. The summed E-state index contributed by atoms with van der Waals surface area (Å²) in [5.41, 5.74) is 2.08. The van der Waals surface area contributed by atoms with Crippen molar-refractivity contribution in [3.8, 4) is 0 Å². The average Bonchev–Trinajstić information content (AvgIpc) is 3.19. The van der Waals surface area contributed by atoms with E-state index >= 15 is 0 Å². The van der Waals surface area contributed by atoms with Crippen molar-refractivity contribution in [2.45, 2.75) is 19.0 Å². The molecule has 8 heteroatoms. The van der Waals surface area contributed by atoms with Crippen molar-refractivity contribution >= 4 is 17.6 Å². The number of amides is 1. The number of hydrogen-bond donors (Lipinski definition) is 2. The van der Waals surface area contributed by atoms with Crippen LogP contribution in [0.1, 0.15) is 22.3 Å². The first-order valence-corrected chi connectivity index (χ1v) is 9.85.